The molecule has 306 valence electrons. The highest BCUT2D eigenvalue weighted by Gasteiger charge is 2.63. The third kappa shape index (κ3) is 9.01. The number of nitrogens with one attached hydrogen (secondary N) is 3. The van der Waals surface area contributed by atoms with Gasteiger partial charge in [-0.1, -0.05) is 79.8 Å². The van der Waals surface area contributed by atoms with E-state index in [4.69, 9.17) is 19.2 Å². The Bertz CT molecular complexity index is 2200. The van der Waals surface area contributed by atoms with Crippen LogP contribution in [0.3, 0.4) is 0 Å². The van der Waals surface area contributed by atoms with E-state index in [1.165, 1.54) is 11.0 Å². The predicted molar refractivity (Wildman–Crippen MR) is 223 cm³/mol. The van der Waals surface area contributed by atoms with Gasteiger partial charge >= 0.3 is 6.09 Å². The Morgan fingerprint density at radius 1 is 1.04 bits per heavy atom. The number of aromatic nitrogens is 1. The SMILES string of the molecule is C=C[C@H]1C[C@@]1(NC(=O)[C@@H]1C[C@@H](Oc2cc(-c3ccccc3)nc3cc(OC)ccc23)CN1C(=O)[C@@H](NC(=O)OC(C)(C)C)C(C)(C)C)C(=O)NS(=O)(=O)C1(I)CC1. The first-order valence-electron chi connectivity index (χ1n) is 18.8. The average molecular weight is 916 g/mol. The number of benzene rings is 2. The summed E-state index contributed by atoms with van der Waals surface area (Å²) in [6, 6.07) is 14.5. The first kappa shape index (κ1) is 42.2. The second-order valence-corrected chi connectivity index (χ2v) is 21.8. The van der Waals surface area contributed by atoms with Crippen LogP contribution in [0.4, 0.5) is 4.79 Å². The molecule has 5 atom stereocenters. The number of hydrogen-bond donors (Lipinski definition) is 3. The van der Waals surface area contributed by atoms with Gasteiger partial charge in [-0.15, -0.1) is 6.58 Å². The number of fused-ring (bicyclic) bond motifs is 1. The largest absolute Gasteiger partial charge is 0.497 e. The molecule has 6 rings (SSSR count). The zero-order chi connectivity index (χ0) is 41.7. The van der Waals surface area contributed by atoms with Crippen LogP contribution in [0.1, 0.15) is 67.2 Å². The molecule has 0 bridgehead atoms. The summed E-state index contributed by atoms with van der Waals surface area (Å²) >= 11 is 1.83. The Labute approximate surface area is 347 Å². The van der Waals surface area contributed by atoms with Crippen molar-refractivity contribution < 1.29 is 41.8 Å². The zero-order valence-corrected chi connectivity index (χ0v) is 36.2. The molecule has 0 spiro atoms. The lowest BCUT2D eigenvalue weighted by Gasteiger charge is -2.36. The maximum Gasteiger partial charge on any atom is 0.408 e. The van der Waals surface area contributed by atoms with Crippen LogP contribution in [-0.2, 0) is 29.1 Å². The number of rotatable bonds is 12. The summed E-state index contributed by atoms with van der Waals surface area (Å²) in [5, 5.41) is 6.22. The normalized spacial score (nSPS) is 23.2. The molecule has 1 saturated heterocycles. The number of methoxy groups -OCH3 is 1. The Balaban J connectivity index is 1.35. The Morgan fingerprint density at radius 2 is 1.72 bits per heavy atom. The minimum atomic E-state index is -4.03. The number of alkyl halides is 1. The molecule has 3 fully saturated rings. The topological polar surface area (TPSA) is 182 Å². The van der Waals surface area contributed by atoms with E-state index >= 15 is 0 Å². The van der Waals surface area contributed by atoms with Crippen LogP contribution in [0.2, 0.25) is 0 Å². The van der Waals surface area contributed by atoms with Crippen molar-refractivity contribution in [3.05, 3.63) is 67.3 Å². The van der Waals surface area contributed by atoms with Crippen LogP contribution in [0.15, 0.2) is 67.3 Å². The number of amides is 4. The summed E-state index contributed by atoms with van der Waals surface area (Å²) in [7, 11) is -2.46. The summed E-state index contributed by atoms with van der Waals surface area (Å²) in [6.45, 7) is 14.2. The highest BCUT2D eigenvalue weighted by Crippen LogP contribution is 2.50. The second-order valence-electron chi connectivity index (χ2n) is 17.0. The summed E-state index contributed by atoms with van der Waals surface area (Å²) in [6.07, 6.45) is 0.896. The minimum absolute atomic E-state index is 0.00707. The van der Waals surface area contributed by atoms with Crippen molar-refractivity contribution >= 4 is 67.3 Å². The quantitative estimate of drug-likeness (QED) is 0.117. The minimum Gasteiger partial charge on any atom is -0.497 e. The van der Waals surface area contributed by atoms with Gasteiger partial charge in [0.1, 0.15) is 43.6 Å². The lowest BCUT2D eigenvalue weighted by Crippen LogP contribution is -2.60. The molecule has 0 unspecified atom stereocenters. The van der Waals surface area contributed by atoms with Gasteiger partial charge in [0.25, 0.3) is 5.91 Å². The van der Waals surface area contributed by atoms with Gasteiger partial charge in [0.2, 0.25) is 21.8 Å². The fraction of sp³-hybridized carbons (Fsp3) is 0.488. The highest BCUT2D eigenvalue weighted by atomic mass is 127. The van der Waals surface area contributed by atoms with E-state index in [1.807, 2.05) is 65.1 Å². The fourth-order valence-electron chi connectivity index (χ4n) is 6.96. The summed E-state index contributed by atoms with van der Waals surface area (Å²) in [5.41, 5.74) is -1.19. The van der Waals surface area contributed by atoms with Crippen molar-refractivity contribution in [2.24, 2.45) is 11.3 Å². The van der Waals surface area contributed by atoms with Crippen molar-refractivity contribution in [2.45, 2.75) is 99.3 Å². The first-order chi connectivity index (χ1) is 26.6. The molecule has 1 aliphatic heterocycles. The van der Waals surface area contributed by atoms with Gasteiger partial charge in [0.05, 0.1) is 24.9 Å². The molecule has 2 heterocycles. The Kier molecular flexibility index (Phi) is 11.4. The second kappa shape index (κ2) is 15.4. The van der Waals surface area contributed by atoms with Crippen LogP contribution in [0.25, 0.3) is 22.2 Å². The third-order valence-corrected chi connectivity index (χ3v) is 15.0. The van der Waals surface area contributed by atoms with Crippen LogP contribution in [-0.4, -0.2) is 87.9 Å². The molecule has 16 heteroatoms. The molecule has 3 aliphatic rings. The molecular weight excluding hydrogens is 865 g/mol. The highest BCUT2D eigenvalue weighted by molar-refractivity contribution is 14.1. The first-order valence-corrected chi connectivity index (χ1v) is 21.4. The van der Waals surface area contributed by atoms with Crippen LogP contribution in [0.5, 0.6) is 11.5 Å². The molecule has 2 aliphatic carbocycles. The van der Waals surface area contributed by atoms with Crippen LogP contribution >= 0.6 is 22.6 Å². The van der Waals surface area contributed by atoms with E-state index in [1.54, 1.807) is 60.8 Å². The van der Waals surface area contributed by atoms with Gasteiger partial charge in [-0.25, -0.2) is 22.9 Å². The van der Waals surface area contributed by atoms with E-state index in [9.17, 15) is 27.6 Å². The number of halogens is 1. The van der Waals surface area contributed by atoms with Gasteiger partial charge in [-0.05, 0) is 57.6 Å². The summed E-state index contributed by atoms with van der Waals surface area (Å²) < 4.78 is 44.9. The summed E-state index contributed by atoms with van der Waals surface area (Å²) in [4.78, 5) is 62.2. The number of pyridine rings is 1. The number of carbonyl (C=O) groups excluding carboxylic acids is 4. The molecule has 57 heavy (non-hydrogen) atoms. The van der Waals surface area contributed by atoms with Crippen molar-refractivity contribution in [1.82, 2.24) is 25.2 Å². The summed E-state index contributed by atoms with van der Waals surface area (Å²) in [5.74, 6) is -1.60. The molecule has 3 N–H and O–H groups in total. The number of carbonyl (C=O) groups is 4. The average Bonchev–Trinajstić information content (AvgIpc) is 4.02. The van der Waals surface area contributed by atoms with Crippen molar-refractivity contribution in [2.75, 3.05) is 13.7 Å². The Morgan fingerprint density at radius 3 is 2.30 bits per heavy atom. The Hall–Kier alpha value is -4.45. The molecule has 1 aromatic heterocycles. The van der Waals surface area contributed by atoms with E-state index in [2.05, 4.69) is 21.9 Å². The van der Waals surface area contributed by atoms with Crippen LogP contribution in [0, 0.1) is 11.3 Å². The number of likely N-dealkylation sites (tertiary alicyclic amines) is 1. The number of sulfonamides is 1. The smallest absolute Gasteiger partial charge is 0.408 e. The molecule has 3 aromatic rings. The van der Waals surface area contributed by atoms with E-state index in [0.29, 0.717) is 40.9 Å². The molecular formula is C41H50IN5O9S. The zero-order valence-electron chi connectivity index (χ0n) is 33.2. The molecule has 0 radical (unpaired) electrons. The van der Waals surface area contributed by atoms with Gasteiger partial charge in [0.15, 0.2) is 0 Å². The van der Waals surface area contributed by atoms with Gasteiger partial charge < -0.3 is 29.7 Å². The van der Waals surface area contributed by atoms with Crippen LogP contribution < -0.4 is 24.8 Å². The van der Waals surface area contributed by atoms with Crippen molar-refractivity contribution in [3.8, 4) is 22.8 Å². The molecule has 2 saturated carbocycles. The van der Waals surface area contributed by atoms with Gasteiger partial charge in [-0.2, -0.15) is 0 Å². The monoisotopic (exact) mass is 915 g/mol. The number of nitrogens with zero attached hydrogens (tertiary/aromatic N) is 2. The fourth-order valence-corrected chi connectivity index (χ4v) is 8.81. The van der Waals surface area contributed by atoms with Gasteiger partial charge in [0, 0.05) is 35.4 Å². The van der Waals surface area contributed by atoms with E-state index in [0.717, 1.165) is 5.56 Å². The van der Waals surface area contributed by atoms with Crippen molar-refractivity contribution in [3.63, 3.8) is 0 Å². The third-order valence-electron chi connectivity index (χ3n) is 10.4. The lowest BCUT2D eigenvalue weighted by molar-refractivity contribution is -0.143. The number of ether oxygens (including phenoxy) is 3. The maximum absolute atomic E-state index is 14.7. The lowest BCUT2D eigenvalue weighted by atomic mass is 9.85. The maximum atomic E-state index is 14.7. The molecule has 14 nitrogen and oxygen atoms in total. The number of alkyl carbamates (subject to hydrolysis) is 1. The molecule has 4 amide bonds. The van der Waals surface area contributed by atoms with Gasteiger partial charge in [-0.3, -0.25) is 14.4 Å². The van der Waals surface area contributed by atoms with E-state index in [-0.39, 0.29) is 19.4 Å². The van der Waals surface area contributed by atoms with E-state index < -0.39 is 77.3 Å². The molecule has 2 aromatic carbocycles. The number of hydrogen-bond acceptors (Lipinski definition) is 10. The standard InChI is InChI=1S/C41H50IN5O9S/c1-9-25-22-41(25,36(50)46-57(52,53)40(42)17-18-40)45-34(48)31-20-27(23-47(31)35(49)33(38(2,3)4)44-37(51)56-39(5,6)7)55-32-21-29(24-13-11-10-12-14-24)43-30-19-26(54-8)15-16-28(30)32/h9-16,19,21,25,27,31,33H,1,17-18,20,22-23H2,2-8H3,(H,44,51)(H,45,48)(H,46,50)/t25-,27+,31-,33+,41-/m0/s1. The predicted octanol–water partition coefficient (Wildman–Crippen LogP) is 5.63. The van der Waals surface area contributed by atoms with Crippen molar-refractivity contribution in [1.29, 1.82) is 0 Å².